The molecule has 0 radical (unpaired) electrons. The molecule has 6 nitrogen and oxygen atoms in total. The van der Waals surface area contributed by atoms with Crippen molar-refractivity contribution in [2.75, 3.05) is 0 Å². The number of benzene rings is 1. The van der Waals surface area contributed by atoms with E-state index in [9.17, 15) is 14.4 Å². The quantitative estimate of drug-likeness (QED) is 0.489. The maximum absolute atomic E-state index is 12.2. The molecule has 0 saturated heterocycles. The number of furan rings is 1. The summed E-state index contributed by atoms with van der Waals surface area (Å²) >= 11 is 7.24. The lowest BCUT2D eigenvalue weighted by Crippen LogP contribution is -2.39. The minimum atomic E-state index is -0.755. The average molecular weight is 403 g/mol. The van der Waals surface area contributed by atoms with Gasteiger partial charge in [-0.25, -0.2) is 0 Å². The van der Waals surface area contributed by atoms with Crippen LogP contribution in [0.15, 0.2) is 59.2 Å². The lowest BCUT2D eigenvalue weighted by atomic mass is 10.2. The summed E-state index contributed by atoms with van der Waals surface area (Å²) in [5, 5.41) is 5.57. The van der Waals surface area contributed by atoms with Gasteiger partial charge in [0, 0.05) is 16.4 Å². The van der Waals surface area contributed by atoms with E-state index < -0.39 is 11.8 Å². The molecule has 2 aromatic heterocycles. The molecule has 0 unspecified atom stereocenters. The highest BCUT2D eigenvalue weighted by atomic mass is 35.5. The summed E-state index contributed by atoms with van der Waals surface area (Å²) in [7, 11) is 0. The van der Waals surface area contributed by atoms with E-state index in [1.54, 1.807) is 48.5 Å². The smallest absolute Gasteiger partial charge is 0.309 e. The lowest BCUT2D eigenvalue weighted by molar-refractivity contribution is -0.139. The zero-order chi connectivity index (χ0) is 19.2. The second kappa shape index (κ2) is 8.66. The van der Waals surface area contributed by atoms with E-state index >= 15 is 0 Å². The molecule has 0 aliphatic rings. The van der Waals surface area contributed by atoms with Crippen LogP contribution in [-0.4, -0.2) is 17.6 Å². The first-order valence-electron chi connectivity index (χ1n) is 8.01. The van der Waals surface area contributed by atoms with Crippen LogP contribution in [0.4, 0.5) is 0 Å². The highest BCUT2D eigenvalue weighted by Gasteiger charge is 2.16. The van der Waals surface area contributed by atoms with E-state index in [1.165, 1.54) is 17.6 Å². The van der Waals surface area contributed by atoms with E-state index in [0.717, 1.165) is 10.4 Å². The van der Waals surface area contributed by atoms with E-state index in [4.69, 9.17) is 16.0 Å². The van der Waals surface area contributed by atoms with Crippen molar-refractivity contribution in [1.82, 2.24) is 10.6 Å². The Morgan fingerprint density at radius 3 is 2.37 bits per heavy atom. The molecule has 2 N–H and O–H groups in total. The van der Waals surface area contributed by atoms with Gasteiger partial charge in [-0.05, 0) is 35.9 Å². The normalized spacial score (nSPS) is 10.4. The third-order valence-electron chi connectivity index (χ3n) is 3.66. The maximum atomic E-state index is 12.2. The second-order valence-corrected chi connectivity index (χ2v) is 7.10. The Hall–Kier alpha value is -2.90. The predicted octanol–water partition coefficient (Wildman–Crippen LogP) is 3.16. The first kappa shape index (κ1) is 18.9. The number of hydrogen-bond acceptors (Lipinski definition) is 5. The third-order valence-corrected chi connectivity index (χ3v) is 5.11. The van der Waals surface area contributed by atoms with Gasteiger partial charge in [0.15, 0.2) is 5.76 Å². The molecule has 3 rings (SSSR count). The van der Waals surface area contributed by atoms with Crippen molar-refractivity contribution in [2.45, 2.75) is 13.1 Å². The minimum Gasteiger partial charge on any atom is -0.461 e. The Bertz CT molecular complexity index is 966. The summed E-state index contributed by atoms with van der Waals surface area (Å²) in [5.74, 6) is -1.47. The first-order chi connectivity index (χ1) is 13.0. The molecule has 2 heterocycles. The number of amides is 2. The predicted molar refractivity (Wildman–Crippen MR) is 102 cm³/mol. The van der Waals surface area contributed by atoms with Crippen molar-refractivity contribution in [3.63, 3.8) is 0 Å². The fourth-order valence-electron chi connectivity index (χ4n) is 2.27. The van der Waals surface area contributed by atoms with Crippen molar-refractivity contribution in [3.05, 3.63) is 80.9 Å². The van der Waals surface area contributed by atoms with Crippen LogP contribution in [0.1, 0.15) is 25.9 Å². The zero-order valence-corrected chi connectivity index (χ0v) is 15.6. The fourth-order valence-corrected chi connectivity index (χ4v) is 3.36. The SMILES string of the molecule is O=C(NCc1ccc(C(=O)c2ccco2)s1)C(=O)NCc1ccccc1Cl. The highest BCUT2D eigenvalue weighted by molar-refractivity contribution is 7.14. The Labute approximate surface area is 164 Å². The Kier molecular flexibility index (Phi) is 6.05. The molecule has 27 heavy (non-hydrogen) atoms. The number of carbonyl (C=O) groups excluding carboxylic acids is 3. The average Bonchev–Trinajstić information content (AvgIpc) is 3.36. The number of halogens is 1. The number of ketones is 1. The van der Waals surface area contributed by atoms with Gasteiger partial charge in [-0.1, -0.05) is 29.8 Å². The van der Waals surface area contributed by atoms with E-state index in [0.29, 0.717) is 9.90 Å². The van der Waals surface area contributed by atoms with Gasteiger partial charge in [0.05, 0.1) is 17.7 Å². The number of nitrogens with one attached hydrogen (secondary N) is 2. The summed E-state index contributed by atoms with van der Waals surface area (Å²) < 4.78 is 5.09. The van der Waals surface area contributed by atoms with Gasteiger partial charge < -0.3 is 15.1 Å². The highest BCUT2D eigenvalue weighted by Crippen LogP contribution is 2.20. The van der Waals surface area contributed by atoms with Crippen LogP contribution >= 0.6 is 22.9 Å². The van der Waals surface area contributed by atoms with Gasteiger partial charge in [0.1, 0.15) is 0 Å². The summed E-state index contributed by atoms with van der Waals surface area (Å²) in [6.45, 7) is 0.307. The Morgan fingerprint density at radius 1 is 0.926 bits per heavy atom. The van der Waals surface area contributed by atoms with Crippen molar-refractivity contribution in [3.8, 4) is 0 Å². The van der Waals surface area contributed by atoms with Crippen LogP contribution in [0.25, 0.3) is 0 Å². The van der Waals surface area contributed by atoms with E-state index in [1.807, 2.05) is 0 Å². The standard InChI is InChI=1S/C19H15ClN2O4S/c20-14-5-2-1-4-12(14)10-21-18(24)19(25)22-11-13-7-8-16(27-13)17(23)15-6-3-9-26-15/h1-9H,10-11H2,(H,21,24)(H,22,25). The summed E-state index contributed by atoms with van der Waals surface area (Å²) in [4.78, 5) is 37.2. The summed E-state index contributed by atoms with van der Waals surface area (Å²) in [6.07, 6.45) is 1.43. The maximum Gasteiger partial charge on any atom is 0.309 e. The molecule has 0 atom stereocenters. The van der Waals surface area contributed by atoms with Gasteiger partial charge in [-0.3, -0.25) is 14.4 Å². The molecule has 0 saturated carbocycles. The molecule has 1 aromatic carbocycles. The van der Waals surface area contributed by atoms with Crippen LogP contribution in [0.3, 0.4) is 0 Å². The van der Waals surface area contributed by atoms with Gasteiger partial charge in [0.25, 0.3) is 0 Å². The molecular formula is C19H15ClN2O4S. The second-order valence-electron chi connectivity index (χ2n) is 5.53. The van der Waals surface area contributed by atoms with Crippen molar-refractivity contribution in [1.29, 1.82) is 0 Å². The van der Waals surface area contributed by atoms with Crippen LogP contribution < -0.4 is 10.6 Å². The summed E-state index contributed by atoms with van der Waals surface area (Å²) in [5.41, 5.74) is 0.722. The molecule has 8 heteroatoms. The molecule has 3 aromatic rings. The molecule has 0 aliphatic carbocycles. The molecule has 2 amide bonds. The van der Waals surface area contributed by atoms with Crippen molar-refractivity contribution >= 4 is 40.5 Å². The van der Waals surface area contributed by atoms with Gasteiger partial charge in [0.2, 0.25) is 5.78 Å². The number of thiophene rings is 1. The van der Waals surface area contributed by atoms with Gasteiger partial charge >= 0.3 is 11.8 Å². The number of carbonyl (C=O) groups is 3. The molecule has 0 fully saturated rings. The van der Waals surface area contributed by atoms with Crippen molar-refractivity contribution in [2.24, 2.45) is 0 Å². The molecule has 0 bridgehead atoms. The lowest BCUT2D eigenvalue weighted by Gasteiger charge is -2.07. The molecule has 0 spiro atoms. The first-order valence-corrected chi connectivity index (χ1v) is 9.20. The van der Waals surface area contributed by atoms with Crippen LogP contribution in [0, 0.1) is 0 Å². The zero-order valence-electron chi connectivity index (χ0n) is 14.0. The Morgan fingerprint density at radius 2 is 1.67 bits per heavy atom. The monoisotopic (exact) mass is 402 g/mol. The van der Waals surface area contributed by atoms with Gasteiger partial charge in [-0.15, -0.1) is 11.3 Å². The van der Waals surface area contributed by atoms with Crippen LogP contribution in [0.5, 0.6) is 0 Å². The van der Waals surface area contributed by atoms with E-state index in [2.05, 4.69) is 10.6 Å². The van der Waals surface area contributed by atoms with Gasteiger partial charge in [-0.2, -0.15) is 0 Å². The Balaban J connectivity index is 1.49. The topological polar surface area (TPSA) is 88.4 Å². The fraction of sp³-hybridized carbons (Fsp3) is 0.105. The molecule has 138 valence electrons. The largest absolute Gasteiger partial charge is 0.461 e. The summed E-state index contributed by atoms with van der Waals surface area (Å²) in [6, 6.07) is 13.7. The van der Waals surface area contributed by atoms with Crippen LogP contribution in [0.2, 0.25) is 5.02 Å². The molecular weight excluding hydrogens is 388 g/mol. The molecule has 0 aliphatic heterocycles. The number of hydrogen-bond donors (Lipinski definition) is 2. The number of rotatable bonds is 6. The van der Waals surface area contributed by atoms with Crippen LogP contribution in [-0.2, 0) is 22.7 Å². The van der Waals surface area contributed by atoms with Crippen molar-refractivity contribution < 1.29 is 18.8 Å². The van der Waals surface area contributed by atoms with E-state index in [-0.39, 0.29) is 24.6 Å². The third kappa shape index (κ3) is 4.84. The minimum absolute atomic E-state index is 0.147.